The van der Waals surface area contributed by atoms with Crippen molar-refractivity contribution in [1.29, 1.82) is 0 Å². The minimum absolute atomic E-state index is 0.181. The fourth-order valence-corrected chi connectivity index (χ4v) is 3.13. The Bertz CT molecular complexity index is 1180. The van der Waals surface area contributed by atoms with Crippen molar-refractivity contribution in [3.63, 3.8) is 0 Å². The van der Waals surface area contributed by atoms with Crippen molar-refractivity contribution in [2.45, 2.75) is 0 Å². The zero-order valence-corrected chi connectivity index (χ0v) is 16.4. The van der Waals surface area contributed by atoms with Gasteiger partial charge >= 0.3 is 0 Å². The van der Waals surface area contributed by atoms with Gasteiger partial charge in [0.25, 0.3) is 5.91 Å². The van der Waals surface area contributed by atoms with Crippen LogP contribution in [0.15, 0.2) is 79.0 Å². The van der Waals surface area contributed by atoms with E-state index < -0.39 is 0 Å². The van der Waals surface area contributed by atoms with Crippen LogP contribution in [0.25, 0.3) is 10.8 Å². The van der Waals surface area contributed by atoms with E-state index in [1.54, 1.807) is 49.6 Å². The Labute approximate surface area is 173 Å². The summed E-state index contributed by atoms with van der Waals surface area (Å²) >= 11 is 5.90. The van der Waals surface area contributed by atoms with Crippen molar-refractivity contribution in [3.05, 3.63) is 89.6 Å². The highest BCUT2D eigenvalue weighted by Gasteiger charge is 2.11. The first-order chi connectivity index (χ1) is 14.1. The summed E-state index contributed by atoms with van der Waals surface area (Å²) in [4.78, 5) is 16.9. The van der Waals surface area contributed by atoms with Gasteiger partial charge in [-0.05, 0) is 65.4 Å². The molecule has 1 aromatic heterocycles. The summed E-state index contributed by atoms with van der Waals surface area (Å²) in [5.41, 5.74) is 1.28. The number of benzene rings is 3. The highest BCUT2D eigenvalue weighted by molar-refractivity contribution is 6.30. The summed E-state index contributed by atoms with van der Waals surface area (Å²) in [5.74, 6) is 1.91. The molecule has 0 bridgehead atoms. The second-order valence-corrected chi connectivity index (χ2v) is 6.81. The van der Waals surface area contributed by atoms with E-state index in [0.29, 0.717) is 27.8 Å². The normalized spacial score (nSPS) is 10.6. The minimum Gasteiger partial charge on any atom is -0.457 e. The molecule has 4 rings (SSSR count). The number of halogens is 1. The maximum Gasteiger partial charge on any atom is 0.256 e. The maximum atomic E-state index is 12.8. The highest BCUT2D eigenvalue weighted by atomic mass is 35.5. The molecule has 1 heterocycles. The van der Waals surface area contributed by atoms with E-state index >= 15 is 0 Å². The lowest BCUT2D eigenvalue weighted by Gasteiger charge is -2.11. The Morgan fingerprint density at radius 1 is 0.966 bits per heavy atom. The van der Waals surface area contributed by atoms with E-state index in [1.165, 1.54) is 0 Å². The lowest BCUT2D eigenvalue weighted by molar-refractivity contribution is 0.102. The van der Waals surface area contributed by atoms with E-state index in [2.05, 4.69) is 15.6 Å². The Balaban J connectivity index is 1.60. The van der Waals surface area contributed by atoms with Crippen molar-refractivity contribution < 1.29 is 9.53 Å². The van der Waals surface area contributed by atoms with Crippen molar-refractivity contribution in [2.24, 2.45) is 0 Å². The van der Waals surface area contributed by atoms with Crippen LogP contribution >= 0.6 is 11.6 Å². The average molecular weight is 404 g/mol. The van der Waals surface area contributed by atoms with Crippen LogP contribution in [0.4, 0.5) is 11.5 Å². The molecule has 0 aliphatic carbocycles. The molecular weight excluding hydrogens is 386 g/mol. The standard InChI is InChI=1S/C23H18ClN3O2/c1-25-22-14-19(11-12-26-22)29-18-9-10-20-15(13-18)3-2-4-21(20)23(28)27-17-7-5-16(24)6-8-17/h2-14H,1H3,(H,25,26)(H,27,28). The van der Waals surface area contributed by atoms with Gasteiger partial charge in [-0.15, -0.1) is 0 Å². The first-order valence-electron chi connectivity index (χ1n) is 9.04. The zero-order valence-electron chi connectivity index (χ0n) is 15.6. The minimum atomic E-state index is -0.181. The zero-order chi connectivity index (χ0) is 20.2. The number of hydrogen-bond acceptors (Lipinski definition) is 4. The van der Waals surface area contributed by atoms with Gasteiger partial charge < -0.3 is 15.4 Å². The van der Waals surface area contributed by atoms with Gasteiger partial charge in [0, 0.05) is 35.6 Å². The van der Waals surface area contributed by atoms with Crippen molar-refractivity contribution in [2.75, 3.05) is 17.7 Å². The second-order valence-electron chi connectivity index (χ2n) is 6.38. The number of anilines is 2. The predicted octanol–water partition coefficient (Wildman–Crippen LogP) is 5.97. The first kappa shape index (κ1) is 18.8. The number of rotatable bonds is 5. The molecule has 0 aliphatic rings. The van der Waals surface area contributed by atoms with Gasteiger partial charge in [0.2, 0.25) is 0 Å². The summed E-state index contributed by atoms with van der Waals surface area (Å²) in [6.45, 7) is 0. The SMILES string of the molecule is CNc1cc(Oc2ccc3c(C(=O)Nc4ccc(Cl)cc4)cccc3c2)ccn1. The molecule has 0 spiro atoms. The predicted molar refractivity (Wildman–Crippen MR) is 117 cm³/mol. The molecular formula is C23H18ClN3O2. The number of pyridine rings is 1. The second kappa shape index (κ2) is 8.20. The summed E-state index contributed by atoms with van der Waals surface area (Å²) in [6.07, 6.45) is 1.68. The summed E-state index contributed by atoms with van der Waals surface area (Å²) in [6, 6.07) is 21.9. The van der Waals surface area contributed by atoms with Crippen LogP contribution in [0.1, 0.15) is 10.4 Å². The average Bonchev–Trinajstić information content (AvgIpc) is 2.75. The molecule has 6 heteroatoms. The number of nitrogens with zero attached hydrogens (tertiary/aromatic N) is 1. The van der Waals surface area contributed by atoms with Gasteiger partial charge in [-0.2, -0.15) is 0 Å². The largest absolute Gasteiger partial charge is 0.457 e. The Hall–Kier alpha value is -3.57. The molecule has 3 aromatic carbocycles. The van der Waals surface area contributed by atoms with E-state index in [0.717, 1.165) is 16.6 Å². The van der Waals surface area contributed by atoms with E-state index in [4.69, 9.17) is 16.3 Å². The Kier molecular flexibility index (Phi) is 5.31. The fourth-order valence-electron chi connectivity index (χ4n) is 3.00. The van der Waals surface area contributed by atoms with E-state index in [1.807, 2.05) is 36.4 Å². The van der Waals surface area contributed by atoms with Crippen LogP contribution in [-0.4, -0.2) is 17.9 Å². The molecule has 0 fully saturated rings. The van der Waals surface area contributed by atoms with Crippen LogP contribution in [0, 0.1) is 0 Å². The van der Waals surface area contributed by atoms with Gasteiger partial charge in [0.15, 0.2) is 0 Å². The van der Waals surface area contributed by atoms with Gasteiger partial charge in [-0.3, -0.25) is 4.79 Å². The fraction of sp³-hybridized carbons (Fsp3) is 0.0435. The number of amides is 1. The molecule has 0 aliphatic heterocycles. The van der Waals surface area contributed by atoms with E-state index in [9.17, 15) is 4.79 Å². The van der Waals surface area contributed by atoms with Gasteiger partial charge in [0.1, 0.15) is 17.3 Å². The third-order valence-corrected chi connectivity index (χ3v) is 4.67. The summed E-state index contributed by atoms with van der Waals surface area (Å²) in [7, 11) is 1.80. The van der Waals surface area contributed by atoms with E-state index in [-0.39, 0.29) is 5.91 Å². The van der Waals surface area contributed by atoms with Crippen molar-refractivity contribution in [3.8, 4) is 11.5 Å². The molecule has 0 atom stereocenters. The molecule has 29 heavy (non-hydrogen) atoms. The first-order valence-corrected chi connectivity index (χ1v) is 9.41. The monoisotopic (exact) mass is 403 g/mol. The molecule has 1 amide bonds. The molecule has 2 N–H and O–H groups in total. The van der Waals surface area contributed by atoms with Crippen LogP contribution < -0.4 is 15.4 Å². The van der Waals surface area contributed by atoms with Gasteiger partial charge in [-0.1, -0.05) is 23.7 Å². The molecule has 0 saturated carbocycles. The third kappa shape index (κ3) is 4.31. The number of hydrogen-bond donors (Lipinski definition) is 2. The lowest BCUT2D eigenvalue weighted by atomic mass is 10.0. The number of fused-ring (bicyclic) bond motifs is 1. The highest BCUT2D eigenvalue weighted by Crippen LogP contribution is 2.28. The maximum absolute atomic E-state index is 12.8. The number of nitrogens with one attached hydrogen (secondary N) is 2. The lowest BCUT2D eigenvalue weighted by Crippen LogP contribution is -2.12. The number of carbonyl (C=O) groups is 1. The number of aromatic nitrogens is 1. The van der Waals surface area contributed by atoms with Gasteiger partial charge in [-0.25, -0.2) is 4.98 Å². The Morgan fingerprint density at radius 2 is 1.76 bits per heavy atom. The quantitative estimate of drug-likeness (QED) is 0.430. The summed E-state index contributed by atoms with van der Waals surface area (Å²) in [5, 5.41) is 8.26. The topological polar surface area (TPSA) is 63.2 Å². The molecule has 0 radical (unpaired) electrons. The molecule has 4 aromatic rings. The van der Waals surface area contributed by atoms with Crippen LogP contribution in [0.2, 0.25) is 5.02 Å². The molecule has 0 unspecified atom stereocenters. The van der Waals surface area contributed by atoms with Crippen molar-refractivity contribution in [1.82, 2.24) is 4.98 Å². The molecule has 0 saturated heterocycles. The van der Waals surface area contributed by atoms with Crippen molar-refractivity contribution >= 4 is 39.8 Å². The third-order valence-electron chi connectivity index (χ3n) is 4.42. The smallest absolute Gasteiger partial charge is 0.256 e. The number of ether oxygens (including phenoxy) is 1. The number of carbonyl (C=O) groups excluding carboxylic acids is 1. The van der Waals surface area contributed by atoms with Crippen LogP contribution in [0.5, 0.6) is 11.5 Å². The van der Waals surface area contributed by atoms with Gasteiger partial charge in [0.05, 0.1) is 0 Å². The molecule has 5 nitrogen and oxygen atoms in total. The summed E-state index contributed by atoms with van der Waals surface area (Å²) < 4.78 is 5.94. The van der Waals surface area contributed by atoms with Crippen LogP contribution in [0.3, 0.4) is 0 Å². The Morgan fingerprint density at radius 3 is 2.55 bits per heavy atom. The van der Waals surface area contributed by atoms with Crippen LogP contribution in [-0.2, 0) is 0 Å². The molecule has 144 valence electrons.